The molecule has 0 unspecified atom stereocenters. The van der Waals surface area contributed by atoms with Crippen LogP contribution in [0.2, 0.25) is 0 Å². The van der Waals surface area contributed by atoms with Crippen LogP contribution in [-0.4, -0.2) is 9.55 Å². The molecule has 0 radical (unpaired) electrons. The number of imidazole rings is 1. The van der Waals surface area contributed by atoms with Crippen LogP contribution < -0.4 is 5.73 Å². The third-order valence-corrected chi connectivity index (χ3v) is 3.85. The first kappa shape index (κ1) is 15.6. The summed E-state index contributed by atoms with van der Waals surface area (Å²) in [6.07, 6.45) is 1.06. The molecular weight excluding hydrogens is 258 g/mol. The van der Waals surface area contributed by atoms with E-state index in [1.807, 2.05) is 0 Å². The minimum atomic E-state index is 0.377. The summed E-state index contributed by atoms with van der Waals surface area (Å²) < 4.78 is 2.16. The average Bonchev–Trinajstić information content (AvgIpc) is 2.77. The topological polar surface area (TPSA) is 43.8 Å². The SMILES string of the molecule is CCCn1c(C(C)C)nc(-c2ccc(C(C)C)cc2)c1N. The molecule has 0 saturated heterocycles. The van der Waals surface area contributed by atoms with Gasteiger partial charge in [0, 0.05) is 18.0 Å². The van der Waals surface area contributed by atoms with Crippen molar-refractivity contribution in [3.63, 3.8) is 0 Å². The monoisotopic (exact) mass is 285 g/mol. The number of nitrogens with two attached hydrogens (primary N) is 1. The van der Waals surface area contributed by atoms with Crippen LogP contribution in [0, 0.1) is 0 Å². The van der Waals surface area contributed by atoms with Crippen LogP contribution in [0.1, 0.15) is 64.3 Å². The van der Waals surface area contributed by atoms with Crippen molar-refractivity contribution in [3.05, 3.63) is 35.7 Å². The van der Waals surface area contributed by atoms with E-state index in [-0.39, 0.29) is 0 Å². The van der Waals surface area contributed by atoms with Crippen molar-refractivity contribution < 1.29 is 0 Å². The smallest absolute Gasteiger partial charge is 0.131 e. The van der Waals surface area contributed by atoms with E-state index in [9.17, 15) is 0 Å². The maximum atomic E-state index is 6.36. The number of aromatic nitrogens is 2. The number of anilines is 1. The maximum Gasteiger partial charge on any atom is 0.131 e. The molecule has 0 fully saturated rings. The van der Waals surface area contributed by atoms with Gasteiger partial charge in [0.05, 0.1) is 0 Å². The van der Waals surface area contributed by atoms with Crippen molar-refractivity contribution in [1.29, 1.82) is 0 Å². The predicted molar refractivity (Wildman–Crippen MR) is 90.5 cm³/mol. The van der Waals surface area contributed by atoms with Crippen molar-refractivity contribution in [2.45, 2.75) is 59.4 Å². The fourth-order valence-corrected chi connectivity index (χ4v) is 2.62. The highest BCUT2D eigenvalue weighted by atomic mass is 15.1. The first-order valence-corrected chi connectivity index (χ1v) is 7.91. The number of rotatable bonds is 5. The Bertz CT molecular complexity index is 592. The van der Waals surface area contributed by atoms with E-state index in [2.05, 4.69) is 63.5 Å². The summed E-state index contributed by atoms with van der Waals surface area (Å²) in [6.45, 7) is 11.8. The van der Waals surface area contributed by atoms with Crippen LogP contribution in [0.4, 0.5) is 5.82 Å². The van der Waals surface area contributed by atoms with E-state index < -0.39 is 0 Å². The normalized spacial score (nSPS) is 11.6. The molecule has 0 atom stereocenters. The molecular formula is C18H27N3. The molecule has 21 heavy (non-hydrogen) atoms. The molecule has 0 spiro atoms. The fraction of sp³-hybridized carbons (Fsp3) is 0.500. The van der Waals surface area contributed by atoms with Crippen molar-refractivity contribution in [3.8, 4) is 11.3 Å². The Labute approximate surface area is 128 Å². The van der Waals surface area contributed by atoms with E-state index in [0.717, 1.165) is 35.9 Å². The van der Waals surface area contributed by atoms with Gasteiger partial charge in [-0.3, -0.25) is 0 Å². The van der Waals surface area contributed by atoms with Crippen molar-refractivity contribution in [1.82, 2.24) is 9.55 Å². The molecule has 2 N–H and O–H groups in total. The first-order chi connectivity index (χ1) is 9.95. The van der Waals surface area contributed by atoms with Gasteiger partial charge in [0.1, 0.15) is 17.3 Å². The van der Waals surface area contributed by atoms with Gasteiger partial charge in [-0.05, 0) is 17.9 Å². The fourth-order valence-electron chi connectivity index (χ4n) is 2.62. The zero-order valence-corrected chi connectivity index (χ0v) is 13.9. The van der Waals surface area contributed by atoms with Crippen molar-refractivity contribution in [2.24, 2.45) is 0 Å². The Balaban J connectivity index is 2.46. The Morgan fingerprint density at radius 3 is 2.14 bits per heavy atom. The molecule has 0 aliphatic heterocycles. The standard InChI is InChI=1S/C18H27N3/c1-6-11-21-17(19)16(20-18(21)13(4)5)15-9-7-14(8-10-15)12(2)3/h7-10,12-13H,6,11,19H2,1-5H3. The Morgan fingerprint density at radius 1 is 1.05 bits per heavy atom. The second-order valence-electron chi connectivity index (χ2n) is 6.29. The van der Waals surface area contributed by atoms with E-state index in [0.29, 0.717) is 11.8 Å². The van der Waals surface area contributed by atoms with Gasteiger partial charge in [-0.15, -0.1) is 0 Å². The van der Waals surface area contributed by atoms with Gasteiger partial charge in [-0.1, -0.05) is 58.9 Å². The lowest BCUT2D eigenvalue weighted by Crippen LogP contribution is -2.08. The highest BCUT2D eigenvalue weighted by molar-refractivity contribution is 5.71. The zero-order chi connectivity index (χ0) is 15.6. The highest BCUT2D eigenvalue weighted by Crippen LogP contribution is 2.30. The largest absolute Gasteiger partial charge is 0.383 e. The summed E-state index contributed by atoms with van der Waals surface area (Å²) in [5, 5.41) is 0. The summed E-state index contributed by atoms with van der Waals surface area (Å²) >= 11 is 0. The Hall–Kier alpha value is -1.77. The molecule has 0 bridgehead atoms. The third kappa shape index (κ3) is 3.12. The number of benzene rings is 1. The third-order valence-electron chi connectivity index (χ3n) is 3.85. The molecule has 2 aromatic rings. The Morgan fingerprint density at radius 2 is 1.67 bits per heavy atom. The molecule has 1 heterocycles. The van der Waals surface area contributed by atoms with Crippen LogP contribution in [-0.2, 0) is 6.54 Å². The molecule has 0 amide bonds. The van der Waals surface area contributed by atoms with Crippen molar-refractivity contribution >= 4 is 5.82 Å². The molecule has 3 heteroatoms. The lowest BCUT2D eigenvalue weighted by molar-refractivity contribution is 0.616. The molecule has 3 nitrogen and oxygen atoms in total. The summed E-state index contributed by atoms with van der Waals surface area (Å²) in [4.78, 5) is 4.81. The first-order valence-electron chi connectivity index (χ1n) is 7.91. The number of nitrogen functional groups attached to an aromatic ring is 1. The van der Waals surface area contributed by atoms with E-state index >= 15 is 0 Å². The van der Waals surface area contributed by atoms with Gasteiger partial charge in [0.25, 0.3) is 0 Å². The number of hydrogen-bond acceptors (Lipinski definition) is 2. The maximum absolute atomic E-state index is 6.36. The summed E-state index contributed by atoms with van der Waals surface area (Å²) in [7, 11) is 0. The van der Waals surface area contributed by atoms with Gasteiger partial charge in [-0.25, -0.2) is 4.98 Å². The molecule has 1 aromatic heterocycles. The van der Waals surface area contributed by atoms with Gasteiger partial charge >= 0.3 is 0 Å². The number of hydrogen-bond donors (Lipinski definition) is 1. The van der Waals surface area contributed by atoms with Crippen molar-refractivity contribution in [2.75, 3.05) is 5.73 Å². The molecule has 0 saturated carbocycles. The number of nitrogens with zero attached hydrogens (tertiary/aromatic N) is 2. The van der Waals surface area contributed by atoms with Crippen LogP contribution >= 0.6 is 0 Å². The second kappa shape index (κ2) is 6.33. The Kier molecular flexibility index (Phi) is 4.71. The predicted octanol–water partition coefficient (Wildman–Crippen LogP) is 4.79. The molecule has 2 rings (SSSR count). The van der Waals surface area contributed by atoms with Crippen LogP contribution in [0.15, 0.2) is 24.3 Å². The van der Waals surface area contributed by atoms with Gasteiger partial charge in [0.15, 0.2) is 0 Å². The van der Waals surface area contributed by atoms with Crippen LogP contribution in [0.5, 0.6) is 0 Å². The van der Waals surface area contributed by atoms with Crippen LogP contribution in [0.25, 0.3) is 11.3 Å². The second-order valence-corrected chi connectivity index (χ2v) is 6.29. The van der Waals surface area contributed by atoms with Gasteiger partial charge in [-0.2, -0.15) is 0 Å². The van der Waals surface area contributed by atoms with Crippen LogP contribution in [0.3, 0.4) is 0 Å². The molecule has 1 aromatic carbocycles. The highest BCUT2D eigenvalue weighted by Gasteiger charge is 2.17. The van der Waals surface area contributed by atoms with E-state index in [4.69, 9.17) is 10.7 Å². The average molecular weight is 285 g/mol. The molecule has 0 aliphatic rings. The minimum absolute atomic E-state index is 0.377. The molecule has 114 valence electrons. The summed E-state index contributed by atoms with van der Waals surface area (Å²) in [5.74, 6) is 2.79. The minimum Gasteiger partial charge on any atom is -0.383 e. The van der Waals surface area contributed by atoms with Gasteiger partial charge in [0.2, 0.25) is 0 Å². The quantitative estimate of drug-likeness (QED) is 0.858. The summed E-state index contributed by atoms with van der Waals surface area (Å²) in [6, 6.07) is 8.61. The van der Waals surface area contributed by atoms with E-state index in [1.165, 1.54) is 5.56 Å². The zero-order valence-electron chi connectivity index (χ0n) is 13.9. The summed E-state index contributed by atoms with van der Waals surface area (Å²) in [5.41, 5.74) is 9.72. The van der Waals surface area contributed by atoms with Gasteiger partial charge < -0.3 is 10.3 Å². The van der Waals surface area contributed by atoms with E-state index in [1.54, 1.807) is 0 Å². The lowest BCUT2D eigenvalue weighted by atomic mass is 10.0. The molecule has 0 aliphatic carbocycles. The lowest BCUT2D eigenvalue weighted by Gasteiger charge is -2.10.